The van der Waals surface area contributed by atoms with Crippen molar-refractivity contribution in [2.45, 2.75) is 37.9 Å². The van der Waals surface area contributed by atoms with E-state index in [4.69, 9.17) is 4.74 Å². The summed E-state index contributed by atoms with van der Waals surface area (Å²) in [6.07, 6.45) is 7.02. The molecule has 0 unspecified atom stereocenters. The van der Waals surface area contributed by atoms with Crippen molar-refractivity contribution < 1.29 is 9.53 Å². The van der Waals surface area contributed by atoms with Crippen molar-refractivity contribution in [3.05, 3.63) is 28.2 Å². The lowest BCUT2D eigenvalue weighted by molar-refractivity contribution is 0.0529. The third-order valence-electron chi connectivity index (χ3n) is 2.27. The van der Waals surface area contributed by atoms with Crippen LogP contribution in [0, 0.1) is 0 Å². The first kappa shape index (κ1) is 17.3. The number of nitrogens with one attached hydrogen (secondary N) is 2. The maximum absolute atomic E-state index is 11.7. The summed E-state index contributed by atoms with van der Waals surface area (Å²) < 4.78 is 5.11. The van der Waals surface area contributed by atoms with Crippen LogP contribution in [0.1, 0.15) is 32.8 Å². The summed E-state index contributed by atoms with van der Waals surface area (Å²) in [6, 6.07) is 0. The van der Waals surface area contributed by atoms with Crippen molar-refractivity contribution in [3.8, 4) is 0 Å². The molecule has 1 aromatic rings. The van der Waals surface area contributed by atoms with E-state index < -0.39 is 11.7 Å². The van der Waals surface area contributed by atoms with Crippen molar-refractivity contribution in [1.82, 2.24) is 15.3 Å². The van der Waals surface area contributed by atoms with Crippen LogP contribution in [0.3, 0.4) is 0 Å². The van der Waals surface area contributed by atoms with Gasteiger partial charge in [0.25, 0.3) is 5.56 Å². The minimum atomic E-state index is -0.502. The maximum atomic E-state index is 11.7. The van der Waals surface area contributed by atoms with Crippen molar-refractivity contribution in [1.29, 1.82) is 0 Å². The van der Waals surface area contributed by atoms with Crippen LogP contribution in [0.25, 0.3) is 6.08 Å². The molecular formula is C14H21N3O3S. The van der Waals surface area contributed by atoms with Gasteiger partial charge in [0.2, 0.25) is 0 Å². The van der Waals surface area contributed by atoms with Crippen LogP contribution in [0.5, 0.6) is 0 Å². The highest BCUT2D eigenvalue weighted by Crippen LogP contribution is 2.06. The Morgan fingerprint density at radius 3 is 2.81 bits per heavy atom. The molecule has 0 saturated heterocycles. The second-order valence-electron chi connectivity index (χ2n) is 5.30. The third-order valence-corrected chi connectivity index (χ3v) is 2.87. The Balaban J connectivity index is 2.39. The maximum Gasteiger partial charge on any atom is 0.407 e. The van der Waals surface area contributed by atoms with Crippen molar-refractivity contribution in [2.75, 3.05) is 12.8 Å². The predicted octanol–water partition coefficient (Wildman–Crippen LogP) is 2.42. The van der Waals surface area contributed by atoms with Gasteiger partial charge in [0, 0.05) is 12.7 Å². The van der Waals surface area contributed by atoms with E-state index in [0.29, 0.717) is 23.7 Å². The van der Waals surface area contributed by atoms with Crippen LogP contribution in [-0.4, -0.2) is 34.5 Å². The monoisotopic (exact) mass is 311 g/mol. The quantitative estimate of drug-likeness (QED) is 0.495. The first-order chi connectivity index (χ1) is 9.81. The first-order valence-electron chi connectivity index (χ1n) is 6.58. The van der Waals surface area contributed by atoms with Crippen LogP contribution >= 0.6 is 11.8 Å². The fourth-order valence-corrected chi connectivity index (χ4v) is 1.75. The molecule has 1 aromatic heterocycles. The van der Waals surface area contributed by atoms with E-state index >= 15 is 0 Å². The van der Waals surface area contributed by atoms with Crippen molar-refractivity contribution in [2.24, 2.45) is 0 Å². The van der Waals surface area contributed by atoms with Gasteiger partial charge in [-0.25, -0.2) is 9.78 Å². The molecule has 0 radical (unpaired) electrons. The molecule has 6 nitrogen and oxygen atoms in total. The topological polar surface area (TPSA) is 84.1 Å². The summed E-state index contributed by atoms with van der Waals surface area (Å²) in [5.74, 6) is 0. The molecule has 116 valence electrons. The second kappa shape index (κ2) is 7.87. The van der Waals surface area contributed by atoms with Gasteiger partial charge >= 0.3 is 6.09 Å². The van der Waals surface area contributed by atoms with Crippen molar-refractivity contribution in [3.63, 3.8) is 0 Å². The molecule has 1 rings (SSSR count). The zero-order valence-corrected chi connectivity index (χ0v) is 13.5. The molecule has 0 saturated carbocycles. The number of carbonyl (C=O) groups excluding carboxylic acids is 1. The van der Waals surface area contributed by atoms with Gasteiger partial charge in [-0.15, -0.1) is 0 Å². The average Bonchev–Trinajstić information content (AvgIpc) is 2.37. The summed E-state index contributed by atoms with van der Waals surface area (Å²) in [7, 11) is 0. The molecule has 0 aromatic carbocycles. The van der Waals surface area contributed by atoms with E-state index in [2.05, 4.69) is 15.3 Å². The van der Waals surface area contributed by atoms with Gasteiger partial charge in [-0.05, 0) is 33.4 Å². The Labute approximate surface area is 128 Å². The number of ether oxygens (including phenoxy) is 1. The molecule has 0 aliphatic heterocycles. The Kier molecular flexibility index (Phi) is 6.48. The number of hydrogen-bond donors (Lipinski definition) is 2. The van der Waals surface area contributed by atoms with Crippen LogP contribution in [0.15, 0.2) is 22.2 Å². The molecule has 0 aliphatic rings. The van der Waals surface area contributed by atoms with Gasteiger partial charge in [-0.1, -0.05) is 23.9 Å². The van der Waals surface area contributed by atoms with Gasteiger partial charge in [-0.3, -0.25) is 4.79 Å². The number of rotatable bonds is 5. The lowest BCUT2D eigenvalue weighted by Gasteiger charge is -2.19. The van der Waals surface area contributed by atoms with E-state index in [1.54, 1.807) is 6.08 Å². The lowest BCUT2D eigenvalue weighted by atomic mass is 10.2. The number of amides is 1. The van der Waals surface area contributed by atoms with E-state index in [9.17, 15) is 9.59 Å². The zero-order valence-electron chi connectivity index (χ0n) is 12.7. The third kappa shape index (κ3) is 6.99. The van der Waals surface area contributed by atoms with E-state index in [1.807, 2.05) is 33.1 Å². The van der Waals surface area contributed by atoms with Gasteiger partial charge in [0.15, 0.2) is 5.16 Å². The van der Waals surface area contributed by atoms with E-state index in [0.717, 1.165) is 0 Å². The van der Waals surface area contributed by atoms with Crippen LogP contribution < -0.4 is 10.9 Å². The Morgan fingerprint density at radius 1 is 1.52 bits per heavy atom. The van der Waals surface area contributed by atoms with Gasteiger partial charge in [-0.2, -0.15) is 0 Å². The standard InChI is InChI=1S/C14H21N3O3S/c1-14(2,3)20-13(19)15-8-6-5-7-10-9-16-12(21-4)17-11(10)18/h5,7,9H,6,8H2,1-4H3,(H,15,19)(H,16,17,18). The molecule has 0 aliphatic carbocycles. The SMILES string of the molecule is CSc1ncc(C=CCCNC(=O)OC(C)(C)C)c(=O)[nH]1. The molecule has 0 bridgehead atoms. The van der Waals surface area contributed by atoms with Crippen LogP contribution in [-0.2, 0) is 4.74 Å². The number of alkyl carbamates (subject to hydrolysis) is 1. The summed E-state index contributed by atoms with van der Waals surface area (Å²) >= 11 is 1.38. The normalized spacial score (nSPS) is 11.6. The van der Waals surface area contributed by atoms with Crippen molar-refractivity contribution >= 4 is 23.9 Å². The first-order valence-corrected chi connectivity index (χ1v) is 7.81. The van der Waals surface area contributed by atoms with Crippen LogP contribution in [0.4, 0.5) is 4.79 Å². The Bertz CT molecular complexity index is 561. The molecule has 1 amide bonds. The Morgan fingerprint density at radius 2 is 2.24 bits per heavy atom. The summed E-state index contributed by atoms with van der Waals surface area (Å²) in [5, 5.41) is 3.23. The lowest BCUT2D eigenvalue weighted by Crippen LogP contribution is -2.32. The summed E-state index contributed by atoms with van der Waals surface area (Å²) in [6.45, 7) is 5.87. The van der Waals surface area contributed by atoms with E-state index in [-0.39, 0.29) is 5.56 Å². The minimum absolute atomic E-state index is 0.175. The molecule has 0 spiro atoms. The van der Waals surface area contributed by atoms with Gasteiger partial charge in [0.1, 0.15) is 5.60 Å². The largest absolute Gasteiger partial charge is 0.444 e. The zero-order chi connectivity index (χ0) is 15.9. The second-order valence-corrected chi connectivity index (χ2v) is 6.09. The molecule has 7 heteroatoms. The number of H-pyrrole nitrogens is 1. The van der Waals surface area contributed by atoms with Gasteiger partial charge in [0.05, 0.1) is 5.56 Å². The number of aromatic amines is 1. The summed E-state index contributed by atoms with van der Waals surface area (Å²) in [4.78, 5) is 29.8. The fourth-order valence-electron chi connectivity index (χ4n) is 1.39. The number of carbonyl (C=O) groups is 1. The molecule has 2 N–H and O–H groups in total. The van der Waals surface area contributed by atoms with Gasteiger partial charge < -0.3 is 15.0 Å². The molecule has 0 atom stereocenters. The highest BCUT2D eigenvalue weighted by atomic mass is 32.2. The van der Waals surface area contributed by atoms with Crippen LogP contribution in [0.2, 0.25) is 0 Å². The minimum Gasteiger partial charge on any atom is -0.444 e. The molecular weight excluding hydrogens is 290 g/mol. The number of thioether (sulfide) groups is 1. The summed E-state index contributed by atoms with van der Waals surface area (Å²) in [5.41, 5.74) is -0.187. The Hall–Kier alpha value is -1.76. The average molecular weight is 311 g/mol. The van der Waals surface area contributed by atoms with E-state index in [1.165, 1.54) is 18.0 Å². The highest BCUT2D eigenvalue weighted by Gasteiger charge is 2.15. The number of nitrogens with zero attached hydrogens (tertiary/aromatic N) is 1. The number of hydrogen-bond acceptors (Lipinski definition) is 5. The fraction of sp³-hybridized carbons (Fsp3) is 0.500. The highest BCUT2D eigenvalue weighted by molar-refractivity contribution is 7.98. The smallest absolute Gasteiger partial charge is 0.407 e. The molecule has 0 fully saturated rings. The molecule has 21 heavy (non-hydrogen) atoms. The number of aromatic nitrogens is 2. The molecule has 1 heterocycles. The predicted molar refractivity (Wildman–Crippen MR) is 84.5 cm³/mol.